The van der Waals surface area contributed by atoms with Gasteiger partial charge >= 0.3 is 6.03 Å². The summed E-state index contributed by atoms with van der Waals surface area (Å²) in [5.74, 6) is 1.10. The zero-order chi connectivity index (χ0) is 18.5. The van der Waals surface area contributed by atoms with Crippen molar-refractivity contribution in [2.24, 2.45) is 0 Å². The minimum atomic E-state index is -0.290. The van der Waals surface area contributed by atoms with E-state index in [1.54, 1.807) is 6.07 Å². The number of hydrogen-bond donors (Lipinski definition) is 2. The first-order valence-corrected chi connectivity index (χ1v) is 8.35. The fraction of sp³-hybridized carbons (Fsp3) is 0.316. The molecule has 1 atom stereocenters. The van der Waals surface area contributed by atoms with Gasteiger partial charge in [-0.3, -0.25) is 0 Å². The smallest absolute Gasteiger partial charge is 0.315 e. The molecule has 0 spiro atoms. The van der Waals surface area contributed by atoms with Gasteiger partial charge in [0.25, 0.3) is 0 Å². The Labute approximate surface area is 151 Å². The number of nitrogens with one attached hydrogen (secondary N) is 2. The van der Waals surface area contributed by atoms with Crippen LogP contribution in [0.25, 0.3) is 0 Å². The second kappa shape index (κ2) is 8.05. The molecule has 6 nitrogen and oxygen atoms in total. The van der Waals surface area contributed by atoms with Gasteiger partial charge in [0.1, 0.15) is 5.82 Å². The molecular weight excluding hydrogens is 337 g/mol. The lowest BCUT2D eigenvalue weighted by Gasteiger charge is -2.25. The normalized spacial score (nSPS) is 13.5. The maximum Gasteiger partial charge on any atom is 0.315 e. The Morgan fingerprint density at radius 1 is 1.15 bits per heavy atom. The molecule has 2 aromatic rings. The fourth-order valence-electron chi connectivity index (χ4n) is 2.80. The summed E-state index contributed by atoms with van der Waals surface area (Å²) >= 11 is 0. The van der Waals surface area contributed by atoms with Gasteiger partial charge in [-0.25, -0.2) is 9.18 Å². The molecule has 7 heteroatoms. The van der Waals surface area contributed by atoms with Gasteiger partial charge in [-0.15, -0.1) is 0 Å². The zero-order valence-electron chi connectivity index (χ0n) is 14.8. The maximum absolute atomic E-state index is 13.5. The number of urea groups is 1. The van der Waals surface area contributed by atoms with Gasteiger partial charge < -0.3 is 25.0 Å². The highest BCUT2D eigenvalue weighted by Gasteiger charge is 2.16. The van der Waals surface area contributed by atoms with E-state index in [1.165, 1.54) is 12.1 Å². The Kier molecular flexibility index (Phi) is 5.58. The second-order valence-electron chi connectivity index (χ2n) is 6.29. The zero-order valence-corrected chi connectivity index (χ0v) is 14.8. The van der Waals surface area contributed by atoms with Gasteiger partial charge in [0.2, 0.25) is 6.79 Å². The topological polar surface area (TPSA) is 62.8 Å². The molecule has 138 valence electrons. The molecule has 0 fully saturated rings. The molecule has 0 radical (unpaired) electrons. The molecule has 0 saturated carbocycles. The molecule has 1 unspecified atom stereocenters. The van der Waals surface area contributed by atoms with E-state index in [0.717, 1.165) is 11.1 Å². The van der Waals surface area contributed by atoms with Gasteiger partial charge in [0, 0.05) is 13.1 Å². The van der Waals surface area contributed by atoms with Crippen molar-refractivity contribution in [3.8, 4) is 11.5 Å². The monoisotopic (exact) mass is 359 g/mol. The van der Waals surface area contributed by atoms with E-state index in [9.17, 15) is 9.18 Å². The predicted molar refractivity (Wildman–Crippen MR) is 95.6 cm³/mol. The van der Waals surface area contributed by atoms with Gasteiger partial charge in [-0.1, -0.05) is 18.2 Å². The maximum atomic E-state index is 13.5. The lowest BCUT2D eigenvalue weighted by atomic mass is 10.1. The number of halogens is 1. The fourth-order valence-corrected chi connectivity index (χ4v) is 2.80. The number of likely N-dealkylation sites (N-methyl/N-ethyl adjacent to an activating group) is 1. The minimum absolute atomic E-state index is 0.123. The number of benzene rings is 2. The molecule has 2 N–H and O–H groups in total. The number of hydrogen-bond acceptors (Lipinski definition) is 4. The lowest BCUT2D eigenvalue weighted by molar-refractivity contribution is 0.174. The molecule has 0 aromatic heterocycles. The number of carbonyl (C=O) groups excluding carboxylic acids is 1. The Morgan fingerprint density at radius 3 is 2.73 bits per heavy atom. The third-order valence-corrected chi connectivity index (χ3v) is 4.20. The quantitative estimate of drug-likeness (QED) is 0.832. The number of fused-ring (bicyclic) bond motifs is 1. The summed E-state index contributed by atoms with van der Waals surface area (Å²) < 4.78 is 24.0. The average molecular weight is 359 g/mol. The number of amides is 2. The molecule has 26 heavy (non-hydrogen) atoms. The summed E-state index contributed by atoms with van der Waals surface area (Å²) in [6.45, 7) is 0.956. The molecule has 3 rings (SSSR count). The average Bonchev–Trinajstić information content (AvgIpc) is 3.07. The highest BCUT2D eigenvalue weighted by molar-refractivity contribution is 5.73. The van der Waals surface area contributed by atoms with Crippen molar-refractivity contribution in [2.45, 2.75) is 12.6 Å². The Hall–Kier alpha value is -2.80. The van der Waals surface area contributed by atoms with Crippen molar-refractivity contribution in [3.63, 3.8) is 0 Å². The third-order valence-electron chi connectivity index (χ3n) is 4.20. The van der Waals surface area contributed by atoms with Crippen LogP contribution in [-0.2, 0) is 6.54 Å². The summed E-state index contributed by atoms with van der Waals surface area (Å²) in [4.78, 5) is 14.0. The van der Waals surface area contributed by atoms with Crippen LogP contribution >= 0.6 is 0 Å². The summed E-state index contributed by atoms with van der Waals surface area (Å²) in [6.07, 6.45) is 0. The van der Waals surface area contributed by atoms with Gasteiger partial charge in [0.15, 0.2) is 11.5 Å². The minimum Gasteiger partial charge on any atom is -0.454 e. The number of carbonyl (C=O) groups is 1. The van der Waals surface area contributed by atoms with E-state index in [0.29, 0.717) is 24.6 Å². The van der Waals surface area contributed by atoms with E-state index in [-0.39, 0.29) is 24.7 Å². The van der Waals surface area contributed by atoms with E-state index in [1.807, 2.05) is 43.3 Å². The molecule has 1 aliphatic rings. The van der Waals surface area contributed by atoms with Crippen LogP contribution in [0.15, 0.2) is 42.5 Å². The first-order chi connectivity index (χ1) is 12.5. The molecule has 1 heterocycles. The second-order valence-corrected chi connectivity index (χ2v) is 6.29. The first kappa shape index (κ1) is 18.0. The van der Waals surface area contributed by atoms with Crippen molar-refractivity contribution in [3.05, 3.63) is 59.4 Å². The van der Waals surface area contributed by atoms with Crippen molar-refractivity contribution < 1.29 is 18.7 Å². The SMILES string of the molecule is CN(C)C(CNC(=O)NCc1ccc2c(c1)OCO2)c1cccc(F)c1. The lowest BCUT2D eigenvalue weighted by Crippen LogP contribution is -2.40. The van der Waals surface area contributed by atoms with Crippen LogP contribution in [0.3, 0.4) is 0 Å². The van der Waals surface area contributed by atoms with Crippen molar-refractivity contribution >= 4 is 6.03 Å². The van der Waals surface area contributed by atoms with E-state index >= 15 is 0 Å². The van der Waals surface area contributed by atoms with Crippen molar-refractivity contribution in [2.75, 3.05) is 27.4 Å². The molecule has 0 saturated heterocycles. The molecule has 2 amide bonds. The Bertz CT molecular complexity index is 782. The van der Waals surface area contributed by atoms with Crippen LogP contribution in [0.1, 0.15) is 17.2 Å². The van der Waals surface area contributed by atoms with Gasteiger partial charge in [0.05, 0.1) is 6.04 Å². The largest absolute Gasteiger partial charge is 0.454 e. The van der Waals surface area contributed by atoms with Crippen molar-refractivity contribution in [1.82, 2.24) is 15.5 Å². The van der Waals surface area contributed by atoms with E-state index < -0.39 is 0 Å². The Balaban J connectivity index is 1.52. The first-order valence-electron chi connectivity index (χ1n) is 8.35. The van der Waals surface area contributed by atoms with E-state index in [4.69, 9.17) is 9.47 Å². The molecular formula is C19H22FN3O3. The molecule has 0 bridgehead atoms. The molecule has 0 aliphatic carbocycles. The van der Waals surface area contributed by atoms with Crippen LogP contribution < -0.4 is 20.1 Å². The number of nitrogens with zero attached hydrogens (tertiary/aromatic N) is 1. The van der Waals surface area contributed by atoms with Crippen LogP contribution in [-0.4, -0.2) is 38.4 Å². The standard InChI is InChI=1S/C19H22FN3O3/c1-23(2)16(14-4-3-5-15(20)9-14)11-22-19(24)21-10-13-6-7-17-18(8-13)26-12-25-17/h3-9,16H,10-12H2,1-2H3,(H2,21,22,24). The number of rotatable bonds is 6. The summed E-state index contributed by atoms with van der Waals surface area (Å²) in [7, 11) is 3.78. The van der Waals surface area contributed by atoms with Crippen LogP contribution in [0.4, 0.5) is 9.18 Å². The van der Waals surface area contributed by atoms with Crippen LogP contribution in [0, 0.1) is 5.82 Å². The number of ether oxygens (including phenoxy) is 2. The highest BCUT2D eigenvalue weighted by Crippen LogP contribution is 2.32. The molecule has 2 aromatic carbocycles. The summed E-state index contributed by atoms with van der Waals surface area (Å²) in [5.41, 5.74) is 1.73. The Morgan fingerprint density at radius 2 is 1.96 bits per heavy atom. The predicted octanol–water partition coefficient (Wildman–Crippen LogP) is 2.66. The van der Waals surface area contributed by atoms with Crippen LogP contribution in [0.5, 0.6) is 11.5 Å². The highest BCUT2D eigenvalue weighted by atomic mass is 19.1. The van der Waals surface area contributed by atoms with E-state index in [2.05, 4.69) is 10.6 Å². The summed E-state index contributed by atoms with van der Waals surface area (Å²) in [5, 5.41) is 5.64. The molecule has 1 aliphatic heterocycles. The van der Waals surface area contributed by atoms with Crippen molar-refractivity contribution in [1.29, 1.82) is 0 Å². The van der Waals surface area contributed by atoms with Gasteiger partial charge in [-0.05, 0) is 49.5 Å². The third kappa shape index (κ3) is 4.43. The van der Waals surface area contributed by atoms with Crippen LogP contribution in [0.2, 0.25) is 0 Å². The summed E-state index contributed by atoms with van der Waals surface area (Å²) in [6, 6.07) is 11.5. The van der Waals surface area contributed by atoms with Gasteiger partial charge in [-0.2, -0.15) is 0 Å².